The molecule has 152 valence electrons. The molecule has 0 spiro atoms. The number of carbonyl (C=O) groups excluding carboxylic acids is 1. The van der Waals surface area contributed by atoms with Gasteiger partial charge in [-0.3, -0.25) is 9.36 Å². The summed E-state index contributed by atoms with van der Waals surface area (Å²) in [6.45, 7) is 4.04. The predicted molar refractivity (Wildman–Crippen MR) is 117 cm³/mol. The highest BCUT2D eigenvalue weighted by atomic mass is 32.2. The number of nitrogens with zero attached hydrogens (tertiary/aromatic N) is 5. The Labute approximate surface area is 179 Å². The standard InChI is InChI=1S/C22H22N6OS/c1-16-5-3-4-6-20(16)27-12-11-24-22(27)30-13-21(29)26-17(2)18-7-9-19(10-8-18)28-15-23-14-25-28/h3-12,14-15,17H,13H2,1-2H3,(H,26,29). The Hall–Kier alpha value is -3.39. The van der Waals surface area contributed by atoms with Crippen LogP contribution in [0.3, 0.4) is 0 Å². The van der Waals surface area contributed by atoms with E-state index in [0.29, 0.717) is 5.75 Å². The van der Waals surface area contributed by atoms with Crippen LogP contribution < -0.4 is 5.32 Å². The Balaban J connectivity index is 1.35. The van der Waals surface area contributed by atoms with Gasteiger partial charge in [0, 0.05) is 12.4 Å². The Bertz CT molecular complexity index is 1120. The third-order valence-electron chi connectivity index (χ3n) is 4.77. The summed E-state index contributed by atoms with van der Waals surface area (Å²) in [5.41, 5.74) is 4.18. The number of hydrogen-bond acceptors (Lipinski definition) is 5. The monoisotopic (exact) mass is 418 g/mol. The van der Waals surface area contributed by atoms with Gasteiger partial charge in [0.05, 0.1) is 23.2 Å². The minimum atomic E-state index is -0.0981. The molecule has 4 rings (SSSR count). The summed E-state index contributed by atoms with van der Waals surface area (Å²) in [6, 6.07) is 15.9. The van der Waals surface area contributed by atoms with Crippen molar-refractivity contribution in [1.82, 2.24) is 29.6 Å². The maximum absolute atomic E-state index is 12.5. The van der Waals surface area contributed by atoms with Gasteiger partial charge in [-0.25, -0.2) is 14.6 Å². The van der Waals surface area contributed by atoms with Crippen molar-refractivity contribution in [3.63, 3.8) is 0 Å². The summed E-state index contributed by atoms with van der Waals surface area (Å²) in [6.07, 6.45) is 6.82. The average molecular weight is 419 g/mol. The molecule has 0 bridgehead atoms. The van der Waals surface area contributed by atoms with Crippen LogP contribution in [0, 0.1) is 6.92 Å². The first-order valence-corrected chi connectivity index (χ1v) is 10.6. The van der Waals surface area contributed by atoms with Crippen molar-refractivity contribution in [2.45, 2.75) is 25.0 Å². The van der Waals surface area contributed by atoms with Gasteiger partial charge in [-0.1, -0.05) is 42.1 Å². The van der Waals surface area contributed by atoms with Crippen LogP contribution in [0.25, 0.3) is 11.4 Å². The topological polar surface area (TPSA) is 77.6 Å². The maximum Gasteiger partial charge on any atom is 0.230 e. The summed E-state index contributed by atoms with van der Waals surface area (Å²) < 4.78 is 3.71. The fraction of sp³-hybridized carbons (Fsp3) is 0.182. The molecule has 1 amide bonds. The largest absolute Gasteiger partial charge is 0.349 e. The molecule has 0 aliphatic heterocycles. The number of amides is 1. The Morgan fingerprint density at radius 3 is 2.70 bits per heavy atom. The van der Waals surface area contributed by atoms with Crippen molar-refractivity contribution >= 4 is 17.7 Å². The van der Waals surface area contributed by atoms with Crippen molar-refractivity contribution in [3.8, 4) is 11.4 Å². The second-order valence-electron chi connectivity index (χ2n) is 6.88. The molecule has 2 aromatic heterocycles. The molecule has 1 atom stereocenters. The molecule has 0 saturated carbocycles. The van der Waals surface area contributed by atoms with Crippen LogP contribution >= 0.6 is 11.8 Å². The SMILES string of the molecule is Cc1ccccc1-n1ccnc1SCC(=O)NC(C)c1ccc(-n2cncn2)cc1. The lowest BCUT2D eigenvalue weighted by Gasteiger charge is -2.15. The number of carbonyl (C=O) groups is 1. The van der Waals surface area contributed by atoms with Gasteiger partial charge in [-0.2, -0.15) is 5.10 Å². The van der Waals surface area contributed by atoms with Crippen LogP contribution in [0.1, 0.15) is 24.1 Å². The highest BCUT2D eigenvalue weighted by molar-refractivity contribution is 7.99. The fourth-order valence-electron chi connectivity index (χ4n) is 3.17. The molecular weight excluding hydrogens is 396 g/mol. The molecule has 30 heavy (non-hydrogen) atoms. The van der Waals surface area contributed by atoms with Gasteiger partial charge in [0.1, 0.15) is 12.7 Å². The first-order valence-electron chi connectivity index (χ1n) is 9.58. The molecule has 0 aliphatic rings. The Morgan fingerprint density at radius 1 is 1.17 bits per heavy atom. The number of rotatable bonds is 7. The van der Waals surface area contributed by atoms with Crippen LogP contribution in [-0.4, -0.2) is 36.0 Å². The zero-order valence-corrected chi connectivity index (χ0v) is 17.6. The van der Waals surface area contributed by atoms with E-state index >= 15 is 0 Å². The Kier molecular flexibility index (Phi) is 5.94. The van der Waals surface area contributed by atoms with Gasteiger partial charge in [0.15, 0.2) is 5.16 Å². The predicted octanol–water partition coefficient (Wildman–Crippen LogP) is 3.73. The van der Waals surface area contributed by atoms with E-state index in [9.17, 15) is 4.79 Å². The van der Waals surface area contributed by atoms with E-state index in [2.05, 4.69) is 33.4 Å². The Morgan fingerprint density at radius 2 is 1.97 bits per heavy atom. The molecule has 2 aromatic carbocycles. The van der Waals surface area contributed by atoms with E-state index in [4.69, 9.17) is 0 Å². The van der Waals surface area contributed by atoms with Crippen LogP contribution in [0.2, 0.25) is 0 Å². The van der Waals surface area contributed by atoms with Gasteiger partial charge >= 0.3 is 0 Å². The lowest BCUT2D eigenvalue weighted by atomic mass is 10.1. The number of imidazole rings is 1. The molecule has 0 saturated heterocycles. The average Bonchev–Trinajstić information content (AvgIpc) is 3.45. The molecule has 1 N–H and O–H groups in total. The molecule has 1 unspecified atom stereocenters. The number of benzene rings is 2. The number of aromatic nitrogens is 5. The molecule has 0 fully saturated rings. The summed E-state index contributed by atoms with van der Waals surface area (Å²) in [4.78, 5) is 20.9. The quantitative estimate of drug-likeness (QED) is 0.463. The number of aryl methyl sites for hydroxylation is 1. The highest BCUT2D eigenvalue weighted by Crippen LogP contribution is 2.23. The van der Waals surface area contributed by atoms with Crippen LogP contribution in [0.5, 0.6) is 0 Å². The van der Waals surface area contributed by atoms with Gasteiger partial charge in [-0.15, -0.1) is 0 Å². The second-order valence-corrected chi connectivity index (χ2v) is 7.82. The van der Waals surface area contributed by atoms with Gasteiger partial charge in [0.25, 0.3) is 0 Å². The number of nitrogens with one attached hydrogen (secondary N) is 1. The van der Waals surface area contributed by atoms with Gasteiger partial charge in [-0.05, 0) is 43.2 Å². The summed E-state index contributed by atoms with van der Waals surface area (Å²) in [7, 11) is 0. The lowest BCUT2D eigenvalue weighted by molar-refractivity contribution is -0.119. The molecule has 0 radical (unpaired) electrons. The van der Waals surface area contributed by atoms with Crippen molar-refractivity contribution in [3.05, 3.63) is 84.7 Å². The van der Waals surface area contributed by atoms with E-state index in [1.54, 1.807) is 17.2 Å². The second kappa shape index (κ2) is 8.96. The van der Waals surface area contributed by atoms with Crippen molar-refractivity contribution in [2.75, 3.05) is 5.75 Å². The molecular formula is C22H22N6OS. The number of para-hydroxylation sites is 1. The van der Waals surface area contributed by atoms with E-state index in [1.165, 1.54) is 18.1 Å². The van der Waals surface area contributed by atoms with Crippen LogP contribution in [0.4, 0.5) is 0 Å². The van der Waals surface area contributed by atoms with E-state index < -0.39 is 0 Å². The maximum atomic E-state index is 12.5. The van der Waals surface area contributed by atoms with Crippen molar-refractivity contribution in [1.29, 1.82) is 0 Å². The minimum absolute atomic E-state index is 0.0350. The lowest BCUT2D eigenvalue weighted by Crippen LogP contribution is -2.28. The summed E-state index contributed by atoms with van der Waals surface area (Å²) in [5.74, 6) is 0.261. The highest BCUT2D eigenvalue weighted by Gasteiger charge is 2.13. The van der Waals surface area contributed by atoms with Crippen LogP contribution in [0.15, 0.2) is 78.7 Å². The van der Waals surface area contributed by atoms with Crippen molar-refractivity contribution < 1.29 is 4.79 Å². The van der Waals surface area contributed by atoms with E-state index in [0.717, 1.165) is 27.7 Å². The normalized spacial score (nSPS) is 11.9. The minimum Gasteiger partial charge on any atom is -0.349 e. The molecule has 7 nitrogen and oxygen atoms in total. The van der Waals surface area contributed by atoms with E-state index in [1.807, 2.05) is 60.2 Å². The van der Waals surface area contributed by atoms with Gasteiger partial charge in [0.2, 0.25) is 5.91 Å². The van der Waals surface area contributed by atoms with Crippen LogP contribution in [-0.2, 0) is 4.79 Å². The van der Waals surface area contributed by atoms with Crippen molar-refractivity contribution in [2.24, 2.45) is 0 Å². The first kappa shape index (κ1) is 19.9. The van der Waals surface area contributed by atoms with Gasteiger partial charge < -0.3 is 5.32 Å². The zero-order chi connectivity index (χ0) is 20.9. The molecule has 4 aromatic rings. The third-order valence-corrected chi connectivity index (χ3v) is 5.73. The number of hydrogen-bond donors (Lipinski definition) is 1. The van der Waals surface area contributed by atoms with E-state index in [-0.39, 0.29) is 11.9 Å². The summed E-state index contributed by atoms with van der Waals surface area (Å²) >= 11 is 1.42. The number of thioether (sulfide) groups is 1. The fourth-order valence-corrected chi connectivity index (χ4v) is 3.94. The zero-order valence-electron chi connectivity index (χ0n) is 16.8. The molecule has 8 heteroatoms. The smallest absolute Gasteiger partial charge is 0.230 e. The first-order chi connectivity index (χ1) is 14.6. The molecule has 0 aliphatic carbocycles. The third kappa shape index (κ3) is 4.44. The summed E-state index contributed by atoms with van der Waals surface area (Å²) in [5, 5.41) is 7.97. The molecule has 2 heterocycles.